The second-order valence-corrected chi connectivity index (χ2v) is 7.69. The first-order valence-electron chi connectivity index (χ1n) is 10.6. The summed E-state index contributed by atoms with van der Waals surface area (Å²) in [6.45, 7) is -0.264. The van der Waals surface area contributed by atoms with Crippen LogP contribution in [0.2, 0.25) is 0 Å². The second-order valence-electron chi connectivity index (χ2n) is 7.69. The molecule has 2 amide bonds. The molecule has 0 heterocycles. The predicted molar refractivity (Wildman–Crippen MR) is 124 cm³/mol. The van der Waals surface area contributed by atoms with Crippen molar-refractivity contribution in [3.05, 3.63) is 101 Å². The van der Waals surface area contributed by atoms with E-state index in [4.69, 9.17) is 9.84 Å². The molecule has 0 atom stereocenters. The largest absolute Gasteiger partial charge is 0.478 e. The molecule has 3 aromatic carbocycles. The molecule has 0 saturated heterocycles. The molecule has 7 nitrogen and oxygen atoms in total. The minimum absolute atomic E-state index is 0.00801. The molecule has 0 radical (unpaired) electrons. The van der Waals surface area contributed by atoms with E-state index in [0.29, 0.717) is 0 Å². The van der Waals surface area contributed by atoms with Gasteiger partial charge in [0.15, 0.2) is 5.82 Å². The summed E-state index contributed by atoms with van der Waals surface area (Å²) in [5, 5.41) is 12.9. The lowest BCUT2D eigenvalue weighted by Crippen LogP contribution is -2.26. The van der Waals surface area contributed by atoms with Crippen molar-refractivity contribution in [3.63, 3.8) is 0 Å². The number of carbonyl (C=O) groups excluding carboxylic acids is 2. The summed E-state index contributed by atoms with van der Waals surface area (Å²) in [5.41, 5.74) is 2.77. The van der Waals surface area contributed by atoms with Gasteiger partial charge in [-0.05, 0) is 34.4 Å². The number of carboxylic acids is 1. The van der Waals surface area contributed by atoms with Gasteiger partial charge in [0, 0.05) is 18.5 Å². The Bertz CT molecular complexity index is 1290. The normalized spacial score (nSPS) is 12.2. The van der Waals surface area contributed by atoms with Crippen LogP contribution in [0.5, 0.6) is 0 Å². The average Bonchev–Trinajstić information content (AvgIpc) is 3.16. The van der Waals surface area contributed by atoms with Crippen molar-refractivity contribution in [3.8, 4) is 11.1 Å². The van der Waals surface area contributed by atoms with Crippen LogP contribution in [0.15, 0.2) is 72.8 Å². The first-order valence-corrected chi connectivity index (χ1v) is 10.6. The molecule has 4 rings (SSSR count). The molecule has 0 fully saturated rings. The predicted octanol–water partition coefficient (Wildman–Crippen LogP) is 4.70. The molecule has 3 N–H and O–H groups in total. The van der Waals surface area contributed by atoms with Gasteiger partial charge in [-0.25, -0.2) is 18.4 Å². The molecule has 0 aliphatic heterocycles. The van der Waals surface area contributed by atoms with E-state index < -0.39 is 40.9 Å². The fourth-order valence-electron chi connectivity index (χ4n) is 4.00. The third-order valence-corrected chi connectivity index (χ3v) is 5.54. The number of hydrogen-bond donors (Lipinski definition) is 3. The zero-order valence-electron chi connectivity index (χ0n) is 18.3. The minimum Gasteiger partial charge on any atom is -0.478 e. The fourth-order valence-corrected chi connectivity index (χ4v) is 4.00. The number of carbonyl (C=O) groups is 3. The number of hydrogen-bond acceptors (Lipinski definition) is 4. The van der Waals surface area contributed by atoms with Crippen LogP contribution in [0.1, 0.15) is 27.4 Å². The smallest absolute Gasteiger partial charge is 0.411 e. The van der Waals surface area contributed by atoms with Crippen LogP contribution in [0.4, 0.5) is 19.3 Å². The van der Waals surface area contributed by atoms with E-state index in [9.17, 15) is 23.2 Å². The summed E-state index contributed by atoms with van der Waals surface area (Å²) in [4.78, 5) is 35.1. The van der Waals surface area contributed by atoms with Gasteiger partial charge in [-0.3, -0.25) is 10.1 Å². The van der Waals surface area contributed by atoms with Gasteiger partial charge in [-0.1, -0.05) is 54.6 Å². The highest BCUT2D eigenvalue weighted by atomic mass is 19.1. The molecule has 0 spiro atoms. The maximum absolute atomic E-state index is 14.8. The lowest BCUT2D eigenvalue weighted by atomic mass is 9.98. The Kier molecular flexibility index (Phi) is 6.86. The number of benzene rings is 3. The molecular formula is C26H20F2N2O5. The van der Waals surface area contributed by atoms with Crippen LogP contribution in [-0.4, -0.2) is 36.2 Å². The van der Waals surface area contributed by atoms with Crippen molar-refractivity contribution in [1.82, 2.24) is 5.32 Å². The standard InChI is InChI=1S/C26H20F2N2O5/c27-20-11-12-21(24(28)23(20)25(33)29-13-5-10-22(31)32)30-26(34)35-14-19-17-8-3-1-6-15(17)16-7-2-4-9-18(16)19/h1-12,19H,13-14H2,(H,29,33)(H,30,34)(H,31,32)/b10-5+. The van der Waals surface area contributed by atoms with Crippen LogP contribution in [0.25, 0.3) is 11.1 Å². The van der Waals surface area contributed by atoms with Crippen LogP contribution >= 0.6 is 0 Å². The lowest BCUT2D eigenvalue weighted by Gasteiger charge is -2.15. The highest BCUT2D eigenvalue weighted by molar-refractivity contribution is 5.97. The summed E-state index contributed by atoms with van der Waals surface area (Å²) >= 11 is 0. The number of aliphatic carboxylic acids is 1. The van der Waals surface area contributed by atoms with E-state index in [1.807, 2.05) is 48.5 Å². The molecule has 0 unspecified atom stereocenters. The third kappa shape index (κ3) is 5.03. The lowest BCUT2D eigenvalue weighted by molar-refractivity contribution is -0.131. The van der Waals surface area contributed by atoms with Gasteiger partial charge in [0.05, 0.1) is 5.69 Å². The number of amides is 2. The number of halogens is 2. The number of anilines is 1. The molecule has 178 valence electrons. The van der Waals surface area contributed by atoms with Crippen LogP contribution in [0, 0.1) is 11.6 Å². The van der Waals surface area contributed by atoms with E-state index in [1.165, 1.54) is 0 Å². The minimum atomic E-state index is -1.28. The van der Waals surface area contributed by atoms with Gasteiger partial charge < -0.3 is 15.2 Å². The Morgan fingerprint density at radius 3 is 2.20 bits per heavy atom. The van der Waals surface area contributed by atoms with Crippen molar-refractivity contribution in [2.45, 2.75) is 5.92 Å². The SMILES string of the molecule is O=C(O)/C=C/CNC(=O)c1c(F)ccc(NC(=O)OCC2c3ccccc3-c3ccccc32)c1F. The monoisotopic (exact) mass is 478 g/mol. The van der Waals surface area contributed by atoms with E-state index >= 15 is 0 Å². The van der Waals surface area contributed by atoms with Crippen molar-refractivity contribution in [2.24, 2.45) is 0 Å². The zero-order chi connectivity index (χ0) is 24.9. The van der Waals surface area contributed by atoms with Crippen molar-refractivity contribution in [1.29, 1.82) is 0 Å². The maximum Gasteiger partial charge on any atom is 0.411 e. The van der Waals surface area contributed by atoms with Crippen molar-refractivity contribution in [2.75, 3.05) is 18.5 Å². The Labute approximate surface area is 199 Å². The van der Waals surface area contributed by atoms with Crippen LogP contribution in [0.3, 0.4) is 0 Å². The maximum atomic E-state index is 14.8. The molecule has 35 heavy (non-hydrogen) atoms. The molecule has 0 aromatic heterocycles. The van der Waals surface area contributed by atoms with Crippen LogP contribution in [-0.2, 0) is 9.53 Å². The van der Waals surface area contributed by atoms with Gasteiger partial charge in [0.25, 0.3) is 5.91 Å². The molecule has 9 heteroatoms. The average molecular weight is 478 g/mol. The van der Waals surface area contributed by atoms with E-state index in [2.05, 4.69) is 10.6 Å². The molecule has 1 aliphatic carbocycles. The van der Waals surface area contributed by atoms with Gasteiger partial charge in [-0.2, -0.15) is 0 Å². The Morgan fingerprint density at radius 1 is 0.943 bits per heavy atom. The molecule has 0 bridgehead atoms. The third-order valence-electron chi connectivity index (χ3n) is 5.54. The summed E-state index contributed by atoms with van der Waals surface area (Å²) in [6, 6.07) is 17.4. The van der Waals surface area contributed by atoms with E-state index in [0.717, 1.165) is 46.5 Å². The van der Waals surface area contributed by atoms with Crippen LogP contribution < -0.4 is 10.6 Å². The number of nitrogens with one attached hydrogen (secondary N) is 2. The van der Waals surface area contributed by atoms with Gasteiger partial charge in [0.1, 0.15) is 18.0 Å². The second kappa shape index (κ2) is 10.2. The molecule has 1 aliphatic rings. The molecular weight excluding hydrogens is 458 g/mol. The van der Waals surface area contributed by atoms with Gasteiger partial charge in [0.2, 0.25) is 0 Å². The number of carboxylic acid groups (broad SMARTS) is 1. The van der Waals surface area contributed by atoms with Gasteiger partial charge in [-0.15, -0.1) is 0 Å². The first kappa shape index (κ1) is 23.6. The topological polar surface area (TPSA) is 105 Å². The van der Waals surface area contributed by atoms with Gasteiger partial charge >= 0.3 is 12.1 Å². The molecule has 3 aromatic rings. The van der Waals surface area contributed by atoms with Crippen molar-refractivity contribution >= 4 is 23.7 Å². The summed E-state index contributed by atoms with van der Waals surface area (Å²) in [7, 11) is 0. The zero-order valence-corrected chi connectivity index (χ0v) is 18.3. The highest BCUT2D eigenvalue weighted by Crippen LogP contribution is 2.44. The number of fused-ring (bicyclic) bond motifs is 3. The van der Waals surface area contributed by atoms with E-state index in [1.54, 1.807) is 0 Å². The Balaban J connectivity index is 1.44. The quantitative estimate of drug-likeness (QED) is 0.427. The summed E-state index contributed by atoms with van der Waals surface area (Å²) in [5.74, 6) is -4.96. The highest BCUT2D eigenvalue weighted by Gasteiger charge is 2.29. The fraction of sp³-hybridized carbons (Fsp3) is 0.115. The number of rotatable bonds is 7. The summed E-state index contributed by atoms with van der Waals surface area (Å²) in [6.07, 6.45) is 0.921. The summed E-state index contributed by atoms with van der Waals surface area (Å²) < 4.78 is 34.3. The van der Waals surface area contributed by atoms with Crippen molar-refractivity contribution < 1.29 is 33.0 Å². The molecule has 0 saturated carbocycles. The Morgan fingerprint density at radius 2 is 1.57 bits per heavy atom. The first-order chi connectivity index (χ1) is 16.9. The van der Waals surface area contributed by atoms with E-state index in [-0.39, 0.29) is 19.1 Å². The number of ether oxygens (including phenoxy) is 1. The Hall–Kier alpha value is -4.53.